The summed E-state index contributed by atoms with van der Waals surface area (Å²) in [4.78, 5) is 0. The van der Waals surface area contributed by atoms with Gasteiger partial charge in [-0.1, -0.05) is 24.3 Å². The van der Waals surface area contributed by atoms with Crippen LogP contribution >= 0.6 is 0 Å². The average molecular weight is 245 g/mol. The van der Waals surface area contributed by atoms with E-state index in [1.54, 1.807) is 11.1 Å². The normalized spacial score (nSPS) is 24.8. The fraction of sp³-hybridized carbons (Fsp3) is 0.625. The highest BCUT2D eigenvalue weighted by Gasteiger charge is 2.21. The number of fused-ring (bicyclic) bond motifs is 1. The number of aryl methyl sites for hydroxylation is 1. The Morgan fingerprint density at radius 1 is 1.11 bits per heavy atom. The summed E-state index contributed by atoms with van der Waals surface area (Å²) < 4.78 is 5.41. The summed E-state index contributed by atoms with van der Waals surface area (Å²) >= 11 is 0. The first-order valence-electron chi connectivity index (χ1n) is 7.32. The molecule has 1 N–H and O–H groups in total. The summed E-state index contributed by atoms with van der Waals surface area (Å²) in [5, 5.41) is 3.75. The standard InChI is InChI=1S/C16H23NO/c1-2-7-16-13(4-1)5-3-6-14(16)12-17-15-8-10-18-11-9-15/h1-2,4,7,14-15,17H,3,5-6,8-12H2. The molecule has 18 heavy (non-hydrogen) atoms. The van der Waals surface area contributed by atoms with Crippen LogP contribution in [-0.2, 0) is 11.2 Å². The number of nitrogens with one attached hydrogen (secondary N) is 1. The maximum Gasteiger partial charge on any atom is 0.0480 e. The second-order valence-corrected chi connectivity index (χ2v) is 5.58. The van der Waals surface area contributed by atoms with Gasteiger partial charge in [-0.15, -0.1) is 0 Å². The first-order chi connectivity index (χ1) is 8.93. The van der Waals surface area contributed by atoms with Crippen LogP contribution in [0.4, 0.5) is 0 Å². The molecule has 1 aliphatic heterocycles. The Hall–Kier alpha value is -0.860. The summed E-state index contributed by atoms with van der Waals surface area (Å²) in [5.41, 5.74) is 3.16. The lowest BCUT2D eigenvalue weighted by Crippen LogP contribution is -2.37. The molecule has 1 aromatic rings. The van der Waals surface area contributed by atoms with Gasteiger partial charge in [-0.05, 0) is 49.1 Å². The van der Waals surface area contributed by atoms with E-state index >= 15 is 0 Å². The second kappa shape index (κ2) is 5.85. The molecular formula is C16H23NO. The van der Waals surface area contributed by atoms with E-state index < -0.39 is 0 Å². The molecule has 1 fully saturated rings. The Labute approximate surface area is 110 Å². The van der Waals surface area contributed by atoms with Crippen LogP contribution in [0.3, 0.4) is 0 Å². The molecule has 0 amide bonds. The molecule has 1 aliphatic carbocycles. The van der Waals surface area contributed by atoms with Crippen molar-refractivity contribution in [3.63, 3.8) is 0 Å². The molecule has 0 radical (unpaired) electrons. The second-order valence-electron chi connectivity index (χ2n) is 5.58. The number of hydrogen-bond acceptors (Lipinski definition) is 2. The third kappa shape index (κ3) is 2.76. The predicted octanol–water partition coefficient (Wildman–Crippen LogP) is 2.88. The van der Waals surface area contributed by atoms with Gasteiger partial charge in [0.15, 0.2) is 0 Å². The molecule has 1 aromatic carbocycles. The van der Waals surface area contributed by atoms with Crippen molar-refractivity contribution in [1.82, 2.24) is 5.32 Å². The molecule has 1 heterocycles. The van der Waals surface area contributed by atoms with E-state index in [0.29, 0.717) is 6.04 Å². The molecule has 2 heteroatoms. The van der Waals surface area contributed by atoms with Crippen LogP contribution in [-0.4, -0.2) is 25.8 Å². The van der Waals surface area contributed by atoms with Crippen LogP contribution in [0, 0.1) is 0 Å². The van der Waals surface area contributed by atoms with Gasteiger partial charge in [-0.25, -0.2) is 0 Å². The van der Waals surface area contributed by atoms with Crippen molar-refractivity contribution in [3.05, 3.63) is 35.4 Å². The zero-order valence-corrected chi connectivity index (χ0v) is 11.0. The van der Waals surface area contributed by atoms with Crippen LogP contribution in [0.1, 0.15) is 42.7 Å². The van der Waals surface area contributed by atoms with E-state index in [-0.39, 0.29) is 0 Å². The minimum Gasteiger partial charge on any atom is -0.381 e. The Bertz CT molecular complexity index is 384. The van der Waals surface area contributed by atoms with Crippen LogP contribution in [0.5, 0.6) is 0 Å². The smallest absolute Gasteiger partial charge is 0.0480 e. The molecule has 3 rings (SSSR count). The Morgan fingerprint density at radius 2 is 1.94 bits per heavy atom. The largest absolute Gasteiger partial charge is 0.381 e. The summed E-state index contributed by atoms with van der Waals surface area (Å²) in [6.07, 6.45) is 6.30. The van der Waals surface area contributed by atoms with Gasteiger partial charge in [0.05, 0.1) is 0 Å². The lowest BCUT2D eigenvalue weighted by atomic mass is 9.82. The van der Waals surface area contributed by atoms with E-state index in [4.69, 9.17) is 4.74 Å². The topological polar surface area (TPSA) is 21.3 Å². The Morgan fingerprint density at radius 3 is 2.83 bits per heavy atom. The molecule has 0 bridgehead atoms. The molecule has 1 atom stereocenters. The van der Waals surface area contributed by atoms with Gasteiger partial charge in [0.25, 0.3) is 0 Å². The number of benzene rings is 1. The van der Waals surface area contributed by atoms with Gasteiger partial charge in [-0.3, -0.25) is 0 Å². The van der Waals surface area contributed by atoms with Crippen molar-refractivity contribution in [3.8, 4) is 0 Å². The molecule has 0 saturated carbocycles. The minimum absolute atomic E-state index is 0.674. The van der Waals surface area contributed by atoms with Crippen molar-refractivity contribution < 1.29 is 4.74 Å². The fourth-order valence-corrected chi connectivity index (χ4v) is 3.28. The van der Waals surface area contributed by atoms with Crippen LogP contribution < -0.4 is 5.32 Å². The Kier molecular flexibility index (Phi) is 3.96. The van der Waals surface area contributed by atoms with Gasteiger partial charge < -0.3 is 10.1 Å². The predicted molar refractivity (Wildman–Crippen MR) is 74.0 cm³/mol. The highest BCUT2D eigenvalue weighted by atomic mass is 16.5. The van der Waals surface area contributed by atoms with Gasteiger partial charge in [0.1, 0.15) is 0 Å². The van der Waals surface area contributed by atoms with Crippen LogP contribution in [0.25, 0.3) is 0 Å². The third-order valence-corrected chi connectivity index (χ3v) is 4.37. The van der Waals surface area contributed by atoms with Crippen molar-refractivity contribution in [2.75, 3.05) is 19.8 Å². The first kappa shape index (κ1) is 12.2. The quantitative estimate of drug-likeness (QED) is 0.884. The van der Waals surface area contributed by atoms with E-state index in [2.05, 4.69) is 29.6 Å². The summed E-state index contributed by atoms with van der Waals surface area (Å²) in [6, 6.07) is 9.66. The lowest BCUT2D eigenvalue weighted by Gasteiger charge is -2.29. The monoisotopic (exact) mass is 245 g/mol. The summed E-state index contributed by atoms with van der Waals surface area (Å²) in [6.45, 7) is 3.00. The Balaban J connectivity index is 1.60. The molecule has 98 valence electrons. The molecule has 2 nitrogen and oxygen atoms in total. The summed E-state index contributed by atoms with van der Waals surface area (Å²) in [7, 11) is 0. The van der Waals surface area contributed by atoms with Gasteiger partial charge in [-0.2, -0.15) is 0 Å². The van der Waals surface area contributed by atoms with E-state index in [9.17, 15) is 0 Å². The molecule has 1 saturated heterocycles. The molecule has 0 aromatic heterocycles. The zero-order valence-electron chi connectivity index (χ0n) is 11.0. The van der Waals surface area contributed by atoms with Crippen molar-refractivity contribution in [1.29, 1.82) is 0 Å². The van der Waals surface area contributed by atoms with Gasteiger partial charge >= 0.3 is 0 Å². The van der Waals surface area contributed by atoms with Crippen molar-refractivity contribution in [2.24, 2.45) is 0 Å². The maximum atomic E-state index is 5.41. The van der Waals surface area contributed by atoms with Gasteiger partial charge in [0, 0.05) is 25.8 Å². The van der Waals surface area contributed by atoms with Crippen LogP contribution in [0.15, 0.2) is 24.3 Å². The summed E-state index contributed by atoms with van der Waals surface area (Å²) in [5.74, 6) is 0.720. The average Bonchev–Trinajstić information content (AvgIpc) is 2.46. The highest BCUT2D eigenvalue weighted by Crippen LogP contribution is 2.31. The van der Waals surface area contributed by atoms with Gasteiger partial charge in [0.2, 0.25) is 0 Å². The number of hydrogen-bond donors (Lipinski definition) is 1. The molecule has 2 aliphatic rings. The molecule has 1 unspecified atom stereocenters. The van der Waals surface area contributed by atoms with Crippen LogP contribution in [0.2, 0.25) is 0 Å². The fourth-order valence-electron chi connectivity index (χ4n) is 3.28. The lowest BCUT2D eigenvalue weighted by molar-refractivity contribution is 0.0775. The number of rotatable bonds is 3. The maximum absolute atomic E-state index is 5.41. The minimum atomic E-state index is 0.674. The molecule has 0 spiro atoms. The highest BCUT2D eigenvalue weighted by molar-refractivity contribution is 5.32. The third-order valence-electron chi connectivity index (χ3n) is 4.37. The first-order valence-corrected chi connectivity index (χ1v) is 7.32. The van der Waals surface area contributed by atoms with E-state index in [1.807, 2.05) is 0 Å². The zero-order chi connectivity index (χ0) is 12.2. The van der Waals surface area contributed by atoms with Crippen molar-refractivity contribution in [2.45, 2.75) is 44.1 Å². The number of ether oxygens (including phenoxy) is 1. The SMILES string of the molecule is c1ccc2c(c1)CCCC2CNC1CCOCC1. The van der Waals surface area contributed by atoms with E-state index in [1.165, 1.54) is 32.1 Å². The van der Waals surface area contributed by atoms with Crippen molar-refractivity contribution >= 4 is 0 Å². The van der Waals surface area contributed by atoms with E-state index in [0.717, 1.165) is 25.7 Å². The molecular weight excluding hydrogens is 222 g/mol.